The number of hydrogen-bond acceptors (Lipinski definition) is 8. The number of aromatic nitrogens is 3. The normalized spacial score (nSPS) is 15.8. The van der Waals surface area contributed by atoms with Crippen molar-refractivity contribution in [3.8, 4) is 22.4 Å². The maximum absolute atomic E-state index is 14.3. The van der Waals surface area contributed by atoms with Gasteiger partial charge in [0.2, 0.25) is 11.7 Å². The first-order valence-electron chi connectivity index (χ1n) is 13.1. The van der Waals surface area contributed by atoms with Gasteiger partial charge in [0.05, 0.1) is 39.8 Å². The molecule has 0 spiro atoms. The van der Waals surface area contributed by atoms with Gasteiger partial charge in [0.15, 0.2) is 9.84 Å². The Kier molecular flexibility index (Phi) is 8.16. The Morgan fingerprint density at radius 3 is 2.26 bits per heavy atom. The highest BCUT2D eigenvalue weighted by Crippen LogP contribution is 2.43. The number of rotatable bonds is 6. The van der Waals surface area contributed by atoms with Crippen LogP contribution < -0.4 is 15.5 Å². The molecule has 0 saturated carbocycles. The molecule has 0 aliphatic carbocycles. The fourth-order valence-electron chi connectivity index (χ4n) is 4.84. The molecule has 1 fully saturated rings. The third kappa shape index (κ3) is 6.65. The minimum absolute atomic E-state index is 0.0131. The predicted molar refractivity (Wildman–Crippen MR) is 152 cm³/mol. The molecule has 1 aliphatic heterocycles. The number of halogens is 4. The Balaban J connectivity index is 1.74. The van der Waals surface area contributed by atoms with Gasteiger partial charge in [-0.15, -0.1) is 0 Å². The van der Waals surface area contributed by atoms with Crippen molar-refractivity contribution in [2.75, 3.05) is 36.1 Å². The lowest BCUT2D eigenvalue weighted by atomic mass is 9.97. The Hall–Kier alpha value is -4.43. The topological polar surface area (TPSA) is 117 Å². The molecule has 4 aromatic rings. The van der Waals surface area contributed by atoms with E-state index in [1.165, 1.54) is 61.7 Å². The van der Waals surface area contributed by atoms with E-state index in [9.17, 15) is 30.8 Å². The summed E-state index contributed by atoms with van der Waals surface area (Å²) in [4.78, 5) is 25.5. The predicted octanol–water partition coefficient (Wildman–Crippen LogP) is 4.88. The van der Waals surface area contributed by atoms with Gasteiger partial charge in [0.1, 0.15) is 11.6 Å². The minimum Gasteiger partial charge on any atom is -0.345 e. The molecule has 2 aromatic carbocycles. The Morgan fingerprint density at radius 1 is 1.00 bits per heavy atom. The van der Waals surface area contributed by atoms with Gasteiger partial charge in [-0.25, -0.2) is 22.8 Å². The van der Waals surface area contributed by atoms with Crippen LogP contribution in [0.5, 0.6) is 0 Å². The quantitative estimate of drug-likeness (QED) is 0.296. The second kappa shape index (κ2) is 11.7. The SMILES string of the molecule is CC(=O)Nc1ccc(C2CNCCN2c2nc(C(F)(F)F)nc(-c3ccc(S(C)(=O)=O)cc3)c2-c2ccc(F)cc2)nc1. The summed E-state index contributed by atoms with van der Waals surface area (Å²) in [5.41, 5.74) is 1.65. The second-order valence-electron chi connectivity index (χ2n) is 9.96. The molecule has 14 heteroatoms. The molecule has 9 nitrogen and oxygen atoms in total. The lowest BCUT2D eigenvalue weighted by molar-refractivity contribution is -0.144. The zero-order chi connectivity index (χ0) is 30.9. The van der Waals surface area contributed by atoms with Crippen molar-refractivity contribution in [3.63, 3.8) is 0 Å². The van der Waals surface area contributed by atoms with Gasteiger partial charge in [-0.05, 0) is 42.0 Å². The van der Waals surface area contributed by atoms with E-state index in [1.54, 1.807) is 17.0 Å². The average Bonchev–Trinajstić information content (AvgIpc) is 2.96. The molecule has 43 heavy (non-hydrogen) atoms. The van der Waals surface area contributed by atoms with Crippen LogP contribution in [0.15, 0.2) is 71.8 Å². The fourth-order valence-corrected chi connectivity index (χ4v) is 5.47. The number of anilines is 2. The van der Waals surface area contributed by atoms with Crippen molar-refractivity contribution in [2.45, 2.75) is 24.0 Å². The number of sulfone groups is 1. The molecule has 1 aliphatic rings. The monoisotopic (exact) mass is 614 g/mol. The van der Waals surface area contributed by atoms with Crippen LogP contribution in [0, 0.1) is 5.82 Å². The molecule has 2 aromatic heterocycles. The van der Waals surface area contributed by atoms with E-state index < -0.39 is 33.7 Å². The van der Waals surface area contributed by atoms with Crippen molar-refractivity contribution in [1.29, 1.82) is 0 Å². The number of carbonyl (C=O) groups is 1. The van der Waals surface area contributed by atoms with E-state index in [1.807, 2.05) is 0 Å². The van der Waals surface area contributed by atoms with E-state index in [2.05, 4.69) is 25.6 Å². The molecule has 2 N–H and O–H groups in total. The first-order valence-corrected chi connectivity index (χ1v) is 15.0. The molecule has 3 heterocycles. The van der Waals surface area contributed by atoms with Crippen LogP contribution >= 0.6 is 0 Å². The summed E-state index contributed by atoms with van der Waals surface area (Å²) >= 11 is 0. The lowest BCUT2D eigenvalue weighted by Gasteiger charge is -2.38. The molecule has 0 radical (unpaired) electrons. The maximum Gasteiger partial charge on any atom is 0.451 e. The van der Waals surface area contributed by atoms with Gasteiger partial charge in [-0.1, -0.05) is 24.3 Å². The van der Waals surface area contributed by atoms with Crippen LogP contribution in [-0.4, -0.2) is 55.2 Å². The number of alkyl halides is 3. The van der Waals surface area contributed by atoms with Crippen LogP contribution in [0.4, 0.5) is 29.1 Å². The summed E-state index contributed by atoms with van der Waals surface area (Å²) in [6, 6.07) is 13.3. The van der Waals surface area contributed by atoms with E-state index >= 15 is 0 Å². The van der Waals surface area contributed by atoms with Crippen molar-refractivity contribution < 1.29 is 30.8 Å². The minimum atomic E-state index is -4.92. The maximum atomic E-state index is 14.3. The number of carbonyl (C=O) groups excluding carboxylic acids is 1. The summed E-state index contributed by atoms with van der Waals surface area (Å²) in [7, 11) is -3.57. The molecule has 0 bridgehead atoms. The van der Waals surface area contributed by atoms with Crippen molar-refractivity contribution in [1.82, 2.24) is 20.3 Å². The molecule has 1 amide bonds. The Labute approximate surface area is 244 Å². The van der Waals surface area contributed by atoms with Crippen molar-refractivity contribution in [3.05, 3.63) is 84.2 Å². The van der Waals surface area contributed by atoms with Gasteiger partial charge in [-0.2, -0.15) is 13.2 Å². The summed E-state index contributed by atoms with van der Waals surface area (Å²) in [6.07, 6.45) is -2.43. The molecule has 1 atom stereocenters. The molecule has 1 unspecified atom stereocenters. The highest BCUT2D eigenvalue weighted by atomic mass is 32.2. The van der Waals surface area contributed by atoms with Crippen LogP contribution in [-0.2, 0) is 20.8 Å². The van der Waals surface area contributed by atoms with Gasteiger partial charge in [0, 0.05) is 38.4 Å². The molecule has 1 saturated heterocycles. The van der Waals surface area contributed by atoms with Crippen LogP contribution in [0.3, 0.4) is 0 Å². The number of nitrogens with zero attached hydrogens (tertiary/aromatic N) is 4. The standard InChI is InChI=1S/C29H26F4N6O3S/c1-17(40)36-21-9-12-23(35-15-21)24-16-34-13-14-39(24)27-25(18-3-7-20(30)8-4-18)26(37-28(38-27)29(31,32)33)19-5-10-22(11-6-19)43(2,41)42/h3-12,15,24,34H,13-14,16H2,1-2H3,(H,36,40). The van der Waals surface area contributed by atoms with E-state index in [0.717, 1.165) is 6.26 Å². The highest BCUT2D eigenvalue weighted by molar-refractivity contribution is 7.90. The van der Waals surface area contributed by atoms with E-state index in [-0.39, 0.29) is 40.0 Å². The van der Waals surface area contributed by atoms with Crippen LogP contribution in [0.1, 0.15) is 24.5 Å². The third-order valence-corrected chi connectivity index (χ3v) is 7.92. The Morgan fingerprint density at radius 2 is 1.67 bits per heavy atom. The summed E-state index contributed by atoms with van der Waals surface area (Å²) < 4.78 is 80.9. The van der Waals surface area contributed by atoms with Crippen molar-refractivity contribution >= 4 is 27.2 Å². The fraction of sp³-hybridized carbons (Fsp3) is 0.241. The first-order chi connectivity index (χ1) is 20.3. The smallest absolute Gasteiger partial charge is 0.345 e. The molecule has 5 rings (SSSR count). The lowest BCUT2D eigenvalue weighted by Crippen LogP contribution is -2.47. The number of nitrogens with one attached hydrogen (secondary N) is 2. The van der Waals surface area contributed by atoms with Gasteiger partial charge >= 0.3 is 6.18 Å². The first kappa shape index (κ1) is 30.0. The molecular weight excluding hydrogens is 588 g/mol. The van der Waals surface area contributed by atoms with E-state index in [0.29, 0.717) is 30.0 Å². The van der Waals surface area contributed by atoms with Gasteiger partial charge < -0.3 is 15.5 Å². The number of amides is 1. The number of hydrogen-bond donors (Lipinski definition) is 2. The molecule has 224 valence electrons. The average molecular weight is 615 g/mol. The Bertz CT molecular complexity index is 1750. The van der Waals surface area contributed by atoms with Gasteiger partial charge in [0.25, 0.3) is 0 Å². The zero-order valence-electron chi connectivity index (χ0n) is 23.0. The van der Waals surface area contributed by atoms with Crippen molar-refractivity contribution in [2.24, 2.45) is 0 Å². The number of benzene rings is 2. The number of pyridine rings is 1. The summed E-state index contributed by atoms with van der Waals surface area (Å²) in [6.45, 7) is 2.35. The second-order valence-corrected chi connectivity index (χ2v) is 12.0. The highest BCUT2D eigenvalue weighted by Gasteiger charge is 2.39. The third-order valence-electron chi connectivity index (χ3n) is 6.80. The molecular formula is C29H26F4N6O3S. The van der Waals surface area contributed by atoms with Crippen LogP contribution in [0.25, 0.3) is 22.4 Å². The zero-order valence-corrected chi connectivity index (χ0v) is 23.8. The van der Waals surface area contributed by atoms with Crippen LogP contribution in [0.2, 0.25) is 0 Å². The number of piperazine rings is 1. The summed E-state index contributed by atoms with van der Waals surface area (Å²) in [5, 5.41) is 5.87. The largest absolute Gasteiger partial charge is 0.451 e. The summed E-state index contributed by atoms with van der Waals surface area (Å²) in [5.74, 6) is -2.25. The van der Waals surface area contributed by atoms with E-state index in [4.69, 9.17) is 0 Å². The van der Waals surface area contributed by atoms with Gasteiger partial charge in [-0.3, -0.25) is 9.78 Å².